The zero-order valence-electron chi connectivity index (χ0n) is 11.4. The monoisotopic (exact) mass is 306 g/mol. The van der Waals surface area contributed by atoms with E-state index in [-0.39, 0.29) is 18.5 Å². The molecule has 0 radical (unpaired) electrons. The van der Waals surface area contributed by atoms with E-state index in [4.69, 9.17) is 16.7 Å². The molecule has 5 nitrogen and oxygen atoms in total. The van der Waals surface area contributed by atoms with E-state index in [1.807, 2.05) is 0 Å². The van der Waals surface area contributed by atoms with Gasteiger partial charge in [0.25, 0.3) is 5.56 Å². The first-order chi connectivity index (χ1) is 9.99. The molecule has 0 unspecified atom stereocenters. The Bertz CT molecular complexity index is 752. The highest BCUT2D eigenvalue weighted by molar-refractivity contribution is 6.29. The fraction of sp³-hybridized carbons (Fsp3) is 0.267. The molecule has 0 aliphatic heterocycles. The second-order valence-corrected chi connectivity index (χ2v) is 5.24. The number of hydrogen-bond donors (Lipinski definition) is 1. The molecule has 21 heavy (non-hydrogen) atoms. The summed E-state index contributed by atoms with van der Waals surface area (Å²) in [6.07, 6.45) is 0.843. The first kappa shape index (κ1) is 15.3. The fourth-order valence-corrected chi connectivity index (χ4v) is 2.26. The van der Waals surface area contributed by atoms with E-state index in [2.05, 4.69) is 11.6 Å². The normalized spacial score (nSPS) is 10.7. The van der Waals surface area contributed by atoms with Gasteiger partial charge in [0.15, 0.2) is 0 Å². The van der Waals surface area contributed by atoms with Crippen LogP contribution in [0, 0.1) is 0 Å². The van der Waals surface area contributed by atoms with Crippen LogP contribution in [0.5, 0.6) is 0 Å². The van der Waals surface area contributed by atoms with Crippen LogP contribution in [0.25, 0.3) is 10.9 Å². The number of aliphatic carboxylic acids is 1. The summed E-state index contributed by atoms with van der Waals surface area (Å²) in [5.74, 6) is -0.340. The highest BCUT2D eigenvalue weighted by Gasteiger charge is 2.11. The molecule has 0 bridgehead atoms. The van der Waals surface area contributed by atoms with Gasteiger partial charge in [-0.1, -0.05) is 30.3 Å². The molecule has 2 aromatic rings. The van der Waals surface area contributed by atoms with Crippen LogP contribution >= 0.6 is 11.6 Å². The number of hydrogen-bond acceptors (Lipinski definition) is 3. The van der Waals surface area contributed by atoms with Crippen molar-refractivity contribution < 1.29 is 9.90 Å². The Hall–Kier alpha value is -2.14. The number of aromatic nitrogens is 2. The predicted octanol–water partition coefficient (Wildman–Crippen LogP) is 2.56. The molecule has 0 atom stereocenters. The van der Waals surface area contributed by atoms with Crippen molar-refractivity contribution in [2.75, 3.05) is 0 Å². The molecule has 1 heterocycles. The first-order valence-electron chi connectivity index (χ1n) is 6.52. The van der Waals surface area contributed by atoms with Gasteiger partial charge in [-0.2, -0.15) is 0 Å². The Kier molecular flexibility index (Phi) is 4.75. The van der Waals surface area contributed by atoms with E-state index in [9.17, 15) is 9.59 Å². The standard InChI is InChI=1S/C15H15ClN2O3/c1-10(16)9-18-13(7-4-8-14(19)20)17-12-6-3-2-5-11(12)15(18)21/h2-3,5-6H,1,4,7-9H2,(H,19,20). The Morgan fingerprint density at radius 3 is 2.76 bits per heavy atom. The minimum atomic E-state index is -0.869. The Labute approximate surface area is 126 Å². The molecule has 0 aliphatic carbocycles. The van der Waals surface area contributed by atoms with Gasteiger partial charge >= 0.3 is 5.97 Å². The number of carboxylic acids is 1. The number of allylic oxidation sites excluding steroid dienone is 1. The van der Waals surface area contributed by atoms with E-state index in [1.165, 1.54) is 4.57 Å². The van der Waals surface area contributed by atoms with E-state index in [0.29, 0.717) is 34.6 Å². The number of halogens is 1. The van der Waals surface area contributed by atoms with Crippen LogP contribution in [0.2, 0.25) is 0 Å². The summed E-state index contributed by atoms with van der Waals surface area (Å²) in [6, 6.07) is 7.05. The van der Waals surface area contributed by atoms with Gasteiger partial charge in [-0.15, -0.1) is 0 Å². The van der Waals surface area contributed by atoms with Gasteiger partial charge in [-0.05, 0) is 18.6 Å². The number of para-hydroxylation sites is 1. The van der Waals surface area contributed by atoms with Crippen molar-refractivity contribution in [2.24, 2.45) is 0 Å². The Morgan fingerprint density at radius 1 is 1.38 bits per heavy atom. The number of nitrogens with zero attached hydrogens (tertiary/aromatic N) is 2. The molecular formula is C15H15ClN2O3. The molecule has 1 aromatic carbocycles. The van der Waals surface area contributed by atoms with Gasteiger partial charge in [0.2, 0.25) is 0 Å². The van der Waals surface area contributed by atoms with Crippen molar-refractivity contribution in [3.8, 4) is 0 Å². The van der Waals surface area contributed by atoms with Gasteiger partial charge in [0, 0.05) is 17.9 Å². The van der Waals surface area contributed by atoms with Crippen molar-refractivity contribution in [3.05, 3.63) is 52.1 Å². The highest BCUT2D eigenvalue weighted by atomic mass is 35.5. The number of fused-ring (bicyclic) bond motifs is 1. The minimum Gasteiger partial charge on any atom is -0.481 e. The fourth-order valence-electron chi connectivity index (χ4n) is 2.14. The second kappa shape index (κ2) is 6.54. The number of carbonyl (C=O) groups is 1. The lowest BCUT2D eigenvalue weighted by molar-refractivity contribution is -0.137. The number of aryl methyl sites for hydroxylation is 1. The summed E-state index contributed by atoms with van der Waals surface area (Å²) in [6.45, 7) is 3.77. The summed E-state index contributed by atoms with van der Waals surface area (Å²) in [4.78, 5) is 27.6. The lowest BCUT2D eigenvalue weighted by Gasteiger charge is -2.12. The van der Waals surface area contributed by atoms with Crippen molar-refractivity contribution in [2.45, 2.75) is 25.8 Å². The van der Waals surface area contributed by atoms with Crippen LogP contribution in [0.3, 0.4) is 0 Å². The van der Waals surface area contributed by atoms with Gasteiger partial charge < -0.3 is 5.11 Å². The molecule has 0 saturated carbocycles. The Morgan fingerprint density at radius 2 is 2.10 bits per heavy atom. The van der Waals surface area contributed by atoms with E-state index < -0.39 is 5.97 Å². The van der Waals surface area contributed by atoms with Crippen LogP contribution in [0.4, 0.5) is 0 Å². The van der Waals surface area contributed by atoms with Gasteiger partial charge in [-0.3, -0.25) is 14.2 Å². The number of rotatable bonds is 6. The lowest BCUT2D eigenvalue weighted by Crippen LogP contribution is -2.25. The van der Waals surface area contributed by atoms with Crippen molar-refractivity contribution in [1.29, 1.82) is 0 Å². The average Bonchev–Trinajstić information content (AvgIpc) is 2.42. The number of carboxylic acid groups (broad SMARTS) is 1. The van der Waals surface area contributed by atoms with Crippen molar-refractivity contribution in [1.82, 2.24) is 9.55 Å². The highest BCUT2D eigenvalue weighted by Crippen LogP contribution is 2.12. The SMILES string of the molecule is C=C(Cl)Cn1c(CCCC(=O)O)nc2ccccc2c1=O. The van der Waals surface area contributed by atoms with Crippen LogP contribution in [0.1, 0.15) is 18.7 Å². The van der Waals surface area contributed by atoms with Gasteiger partial charge in [-0.25, -0.2) is 4.98 Å². The van der Waals surface area contributed by atoms with Crippen LogP contribution in [-0.2, 0) is 17.8 Å². The summed E-state index contributed by atoms with van der Waals surface area (Å²) in [5.41, 5.74) is 0.414. The van der Waals surface area contributed by atoms with Crippen LogP contribution < -0.4 is 5.56 Å². The molecule has 0 saturated heterocycles. The summed E-state index contributed by atoms with van der Waals surface area (Å²) in [5, 5.41) is 9.55. The zero-order valence-corrected chi connectivity index (χ0v) is 12.1. The Balaban J connectivity index is 2.47. The maximum atomic E-state index is 12.5. The predicted molar refractivity (Wildman–Crippen MR) is 81.6 cm³/mol. The third-order valence-electron chi connectivity index (χ3n) is 3.06. The van der Waals surface area contributed by atoms with E-state index in [0.717, 1.165) is 0 Å². The largest absolute Gasteiger partial charge is 0.481 e. The molecule has 0 aliphatic rings. The maximum Gasteiger partial charge on any atom is 0.303 e. The molecule has 0 fully saturated rings. The summed E-state index contributed by atoms with van der Waals surface area (Å²) >= 11 is 5.82. The van der Waals surface area contributed by atoms with Crippen molar-refractivity contribution in [3.63, 3.8) is 0 Å². The average molecular weight is 307 g/mol. The first-order valence-corrected chi connectivity index (χ1v) is 6.90. The molecule has 0 amide bonds. The van der Waals surface area contributed by atoms with E-state index >= 15 is 0 Å². The topological polar surface area (TPSA) is 72.2 Å². The molecule has 110 valence electrons. The molecule has 6 heteroatoms. The van der Waals surface area contributed by atoms with Gasteiger partial charge in [0.1, 0.15) is 5.82 Å². The van der Waals surface area contributed by atoms with Crippen LogP contribution in [-0.4, -0.2) is 20.6 Å². The maximum absolute atomic E-state index is 12.5. The number of benzene rings is 1. The van der Waals surface area contributed by atoms with Gasteiger partial charge in [0.05, 0.1) is 17.4 Å². The minimum absolute atomic E-state index is 0.0323. The second-order valence-electron chi connectivity index (χ2n) is 4.70. The quantitative estimate of drug-likeness (QED) is 0.890. The third kappa shape index (κ3) is 3.70. The molecular weight excluding hydrogens is 292 g/mol. The smallest absolute Gasteiger partial charge is 0.303 e. The zero-order chi connectivity index (χ0) is 15.4. The van der Waals surface area contributed by atoms with Crippen LogP contribution in [0.15, 0.2) is 40.7 Å². The summed E-state index contributed by atoms with van der Waals surface area (Å²) < 4.78 is 1.46. The molecule has 0 spiro atoms. The van der Waals surface area contributed by atoms with E-state index in [1.54, 1.807) is 24.3 Å². The molecule has 2 rings (SSSR count). The lowest BCUT2D eigenvalue weighted by atomic mass is 10.2. The molecule has 1 N–H and O–H groups in total. The van der Waals surface area contributed by atoms with Crippen molar-refractivity contribution >= 4 is 28.5 Å². The third-order valence-corrected chi connectivity index (χ3v) is 3.18. The summed E-state index contributed by atoms with van der Waals surface area (Å²) in [7, 11) is 0. The molecule has 1 aromatic heterocycles.